The lowest BCUT2D eigenvalue weighted by atomic mass is 10.0. The van der Waals surface area contributed by atoms with Crippen molar-refractivity contribution in [3.05, 3.63) is 30.1 Å². The van der Waals surface area contributed by atoms with Gasteiger partial charge in [-0.1, -0.05) is 96.8 Å². The molecule has 0 radical (unpaired) electrons. The van der Waals surface area contributed by atoms with Crippen LogP contribution in [0.15, 0.2) is 24.5 Å². The van der Waals surface area contributed by atoms with Gasteiger partial charge in [-0.3, -0.25) is 0 Å². The van der Waals surface area contributed by atoms with Crippen molar-refractivity contribution in [3.63, 3.8) is 0 Å². The second kappa shape index (κ2) is 19.2. The minimum Gasteiger partial charge on any atom is -1.00 e. The average molecular weight is 382 g/mol. The van der Waals surface area contributed by atoms with E-state index in [1.165, 1.54) is 115 Å². The number of aromatic nitrogens is 1. The predicted molar refractivity (Wildman–Crippen MR) is 111 cm³/mol. The van der Waals surface area contributed by atoms with Gasteiger partial charge in [-0.2, -0.15) is 0 Å². The molecule has 0 N–H and O–H groups in total. The molecule has 0 spiro atoms. The van der Waals surface area contributed by atoms with Gasteiger partial charge in [-0.25, -0.2) is 4.57 Å². The summed E-state index contributed by atoms with van der Waals surface area (Å²) in [4.78, 5) is 0. The normalized spacial score (nSPS) is 10.7. The molecule has 152 valence electrons. The first-order chi connectivity index (χ1) is 12.3. The molecule has 1 nitrogen and oxygen atoms in total. The Kier molecular flexibility index (Phi) is 18.8. The van der Waals surface area contributed by atoms with Gasteiger partial charge in [-0.05, 0) is 19.4 Å². The Labute approximate surface area is 170 Å². The first-order valence-electron chi connectivity index (χ1n) is 11.3. The molecular weight excluding hydrogens is 338 g/mol. The Hall–Kier alpha value is -0.560. The van der Waals surface area contributed by atoms with Gasteiger partial charge in [0.15, 0.2) is 12.4 Å². The van der Waals surface area contributed by atoms with Crippen LogP contribution < -0.4 is 17.0 Å². The highest BCUT2D eigenvalue weighted by molar-refractivity contribution is 5.01. The van der Waals surface area contributed by atoms with Crippen molar-refractivity contribution in [1.82, 2.24) is 0 Å². The van der Waals surface area contributed by atoms with Gasteiger partial charge in [-0.15, -0.1) is 0 Å². The van der Waals surface area contributed by atoms with E-state index in [-0.39, 0.29) is 12.4 Å². The molecule has 0 amide bonds. The summed E-state index contributed by atoms with van der Waals surface area (Å²) < 4.78 is 2.33. The number of hydrogen-bond donors (Lipinski definition) is 0. The van der Waals surface area contributed by atoms with E-state index >= 15 is 0 Å². The largest absolute Gasteiger partial charge is 1.00 e. The van der Waals surface area contributed by atoms with Crippen LogP contribution in [0, 0.1) is 6.92 Å². The van der Waals surface area contributed by atoms with Gasteiger partial charge >= 0.3 is 0 Å². The summed E-state index contributed by atoms with van der Waals surface area (Å²) in [6.07, 6.45) is 27.5. The average Bonchev–Trinajstić information content (AvgIpc) is 2.61. The van der Waals surface area contributed by atoms with E-state index in [0.29, 0.717) is 0 Å². The van der Waals surface area contributed by atoms with Crippen LogP contribution in [0.2, 0.25) is 0 Å². The molecule has 0 aliphatic carbocycles. The smallest absolute Gasteiger partial charge is 0.171 e. The zero-order valence-corrected chi connectivity index (χ0v) is 18.4. The zero-order valence-electron chi connectivity index (χ0n) is 17.7. The van der Waals surface area contributed by atoms with Gasteiger partial charge in [0.05, 0.1) is 0 Å². The molecule has 0 aliphatic heterocycles. The van der Waals surface area contributed by atoms with Crippen LogP contribution in [0.1, 0.15) is 115 Å². The highest BCUT2D eigenvalue weighted by Crippen LogP contribution is 2.13. The van der Waals surface area contributed by atoms with Gasteiger partial charge in [0.25, 0.3) is 0 Å². The van der Waals surface area contributed by atoms with Crippen LogP contribution in [0.5, 0.6) is 0 Å². The third-order valence-electron chi connectivity index (χ3n) is 5.28. The monoisotopic (exact) mass is 381 g/mol. The van der Waals surface area contributed by atoms with E-state index in [4.69, 9.17) is 0 Å². The molecule has 0 saturated heterocycles. The Morgan fingerprint density at radius 1 is 0.654 bits per heavy atom. The molecule has 0 unspecified atom stereocenters. The molecule has 2 heteroatoms. The van der Waals surface area contributed by atoms with Crippen LogP contribution in [0.3, 0.4) is 0 Å². The topological polar surface area (TPSA) is 3.88 Å². The maximum absolute atomic E-state index is 2.33. The van der Waals surface area contributed by atoms with Crippen molar-refractivity contribution in [2.24, 2.45) is 0 Å². The SMILES string of the molecule is CCCCCCCCCCCCCCCCCC[n+]1cccc(C)c1.[Cl-]. The second-order valence-electron chi connectivity index (χ2n) is 7.92. The van der Waals surface area contributed by atoms with Crippen molar-refractivity contribution >= 4 is 0 Å². The number of hydrogen-bond acceptors (Lipinski definition) is 0. The van der Waals surface area contributed by atoms with Gasteiger partial charge in [0, 0.05) is 18.1 Å². The standard InChI is InChI=1S/C24H44N.ClH/c1-3-4-5-6-7-8-9-10-11-12-13-14-15-16-17-18-21-25-22-19-20-24(2)23-25;/h19-20,22-23H,3-18,21H2,1-2H3;1H/q+1;/p-1. The molecule has 1 aromatic rings. The Morgan fingerprint density at radius 2 is 1.08 bits per heavy atom. The molecule has 0 saturated carbocycles. The fourth-order valence-electron chi connectivity index (χ4n) is 3.63. The third kappa shape index (κ3) is 15.7. The second-order valence-corrected chi connectivity index (χ2v) is 7.92. The maximum Gasteiger partial charge on any atom is 0.171 e. The number of aryl methyl sites for hydroxylation is 2. The Bertz CT molecular complexity index is 405. The zero-order chi connectivity index (χ0) is 18.0. The molecule has 26 heavy (non-hydrogen) atoms. The van der Waals surface area contributed by atoms with Crippen molar-refractivity contribution in [2.45, 2.75) is 123 Å². The molecule has 0 fully saturated rings. The van der Waals surface area contributed by atoms with Gasteiger partial charge < -0.3 is 12.4 Å². The molecular formula is C24H44ClN. The van der Waals surface area contributed by atoms with Crippen molar-refractivity contribution in [2.75, 3.05) is 0 Å². The van der Waals surface area contributed by atoms with E-state index in [1.54, 1.807) is 0 Å². The van der Waals surface area contributed by atoms with Gasteiger partial charge in [0.2, 0.25) is 0 Å². The van der Waals surface area contributed by atoms with Crippen LogP contribution >= 0.6 is 0 Å². The summed E-state index contributed by atoms with van der Waals surface area (Å²) in [5.41, 5.74) is 1.36. The molecule has 0 atom stereocenters. The van der Waals surface area contributed by atoms with Crippen LogP contribution in [-0.2, 0) is 6.54 Å². The first-order valence-corrected chi connectivity index (χ1v) is 11.3. The molecule has 1 rings (SSSR count). The number of rotatable bonds is 17. The van der Waals surface area contributed by atoms with E-state index in [2.05, 4.69) is 42.9 Å². The third-order valence-corrected chi connectivity index (χ3v) is 5.28. The predicted octanol–water partition coefficient (Wildman–Crippen LogP) is 4.55. The highest BCUT2D eigenvalue weighted by Gasteiger charge is 2.00. The molecule has 0 aliphatic rings. The number of unbranched alkanes of at least 4 members (excludes halogenated alkanes) is 15. The van der Waals surface area contributed by atoms with E-state index in [1.807, 2.05) is 0 Å². The Morgan fingerprint density at radius 3 is 1.50 bits per heavy atom. The summed E-state index contributed by atoms with van der Waals surface area (Å²) in [5, 5.41) is 0. The quantitative estimate of drug-likeness (QED) is 0.275. The summed E-state index contributed by atoms with van der Waals surface area (Å²) >= 11 is 0. The minimum absolute atomic E-state index is 0. The fourth-order valence-corrected chi connectivity index (χ4v) is 3.63. The Balaban J connectivity index is 0.00000625. The maximum atomic E-state index is 2.33. The number of halogens is 1. The van der Waals surface area contributed by atoms with Crippen LogP contribution in [0.25, 0.3) is 0 Å². The van der Waals surface area contributed by atoms with Crippen molar-refractivity contribution in [3.8, 4) is 0 Å². The minimum atomic E-state index is 0. The lowest BCUT2D eigenvalue weighted by Gasteiger charge is -2.03. The summed E-state index contributed by atoms with van der Waals surface area (Å²) in [5.74, 6) is 0. The lowest BCUT2D eigenvalue weighted by Crippen LogP contribution is -3.00. The highest BCUT2D eigenvalue weighted by atomic mass is 35.5. The summed E-state index contributed by atoms with van der Waals surface area (Å²) in [7, 11) is 0. The summed E-state index contributed by atoms with van der Waals surface area (Å²) in [6, 6.07) is 4.33. The molecule has 0 bridgehead atoms. The summed E-state index contributed by atoms with van der Waals surface area (Å²) in [6.45, 7) is 5.65. The van der Waals surface area contributed by atoms with Crippen LogP contribution in [0.4, 0.5) is 0 Å². The van der Waals surface area contributed by atoms with Gasteiger partial charge in [0.1, 0.15) is 6.54 Å². The lowest BCUT2D eigenvalue weighted by molar-refractivity contribution is -0.697. The van der Waals surface area contributed by atoms with Crippen molar-refractivity contribution < 1.29 is 17.0 Å². The number of pyridine rings is 1. The van der Waals surface area contributed by atoms with E-state index < -0.39 is 0 Å². The van der Waals surface area contributed by atoms with E-state index in [0.717, 1.165) is 0 Å². The molecule has 1 aromatic heterocycles. The first kappa shape index (κ1) is 25.4. The molecule has 1 heterocycles. The fraction of sp³-hybridized carbons (Fsp3) is 0.792. The number of nitrogens with zero attached hydrogens (tertiary/aromatic N) is 1. The van der Waals surface area contributed by atoms with E-state index in [9.17, 15) is 0 Å². The van der Waals surface area contributed by atoms with Crippen LogP contribution in [-0.4, -0.2) is 0 Å². The molecule has 0 aromatic carbocycles. The van der Waals surface area contributed by atoms with Crippen molar-refractivity contribution in [1.29, 1.82) is 0 Å².